The topological polar surface area (TPSA) is 9.23 Å². The van der Waals surface area contributed by atoms with Crippen molar-refractivity contribution in [2.24, 2.45) is 11.3 Å². The van der Waals surface area contributed by atoms with Gasteiger partial charge in [0.15, 0.2) is 0 Å². The maximum Gasteiger partial charge on any atom is 0.0674 e. The number of halogens is 1. The van der Waals surface area contributed by atoms with Gasteiger partial charge in [-0.2, -0.15) is 0 Å². The molecule has 98 valence electrons. The fraction of sp³-hybridized carbons (Fsp3) is 0.625. The van der Waals surface area contributed by atoms with Gasteiger partial charge in [0.2, 0.25) is 0 Å². The molecule has 1 aliphatic carbocycles. The maximum absolute atomic E-state index is 6.35. The molecule has 1 saturated heterocycles. The molecule has 2 atom stereocenters. The highest BCUT2D eigenvalue weighted by atomic mass is 35.5. The minimum Gasteiger partial charge on any atom is -0.377 e. The SMILES string of the molecule is Cc1ccccc1CC1(CCl)CCOC1C1CC1. The van der Waals surface area contributed by atoms with Crippen molar-refractivity contribution in [3.05, 3.63) is 35.4 Å². The first-order valence-corrected chi connectivity index (χ1v) is 7.51. The second-order valence-electron chi connectivity index (χ2n) is 5.98. The van der Waals surface area contributed by atoms with Gasteiger partial charge in [-0.3, -0.25) is 0 Å². The zero-order chi connectivity index (χ0) is 12.6. The first kappa shape index (κ1) is 12.5. The number of aryl methyl sites for hydroxylation is 1. The van der Waals surface area contributed by atoms with Gasteiger partial charge in [-0.15, -0.1) is 11.6 Å². The smallest absolute Gasteiger partial charge is 0.0674 e. The van der Waals surface area contributed by atoms with Gasteiger partial charge >= 0.3 is 0 Å². The van der Waals surface area contributed by atoms with E-state index in [2.05, 4.69) is 31.2 Å². The quantitative estimate of drug-likeness (QED) is 0.748. The third-order valence-electron chi connectivity index (χ3n) is 4.62. The highest BCUT2D eigenvalue weighted by Gasteiger charge is 2.50. The highest BCUT2D eigenvalue weighted by molar-refractivity contribution is 6.18. The molecule has 0 spiro atoms. The second kappa shape index (κ2) is 4.86. The molecule has 2 heteroatoms. The van der Waals surface area contributed by atoms with Crippen LogP contribution < -0.4 is 0 Å². The van der Waals surface area contributed by atoms with E-state index in [4.69, 9.17) is 16.3 Å². The van der Waals surface area contributed by atoms with Gasteiger partial charge < -0.3 is 4.74 Å². The first-order valence-electron chi connectivity index (χ1n) is 6.97. The number of benzene rings is 1. The molecule has 1 aliphatic heterocycles. The molecule has 0 bridgehead atoms. The normalized spacial score (nSPS) is 31.8. The van der Waals surface area contributed by atoms with Crippen LogP contribution in [0.4, 0.5) is 0 Å². The summed E-state index contributed by atoms with van der Waals surface area (Å²) in [6.07, 6.45) is 5.25. The monoisotopic (exact) mass is 264 g/mol. The number of ether oxygens (including phenoxy) is 1. The zero-order valence-corrected chi connectivity index (χ0v) is 11.7. The number of hydrogen-bond donors (Lipinski definition) is 0. The average molecular weight is 265 g/mol. The van der Waals surface area contributed by atoms with E-state index in [1.807, 2.05) is 0 Å². The van der Waals surface area contributed by atoms with Crippen LogP contribution in [0.3, 0.4) is 0 Å². The van der Waals surface area contributed by atoms with Crippen LogP contribution >= 0.6 is 11.6 Å². The van der Waals surface area contributed by atoms with Crippen molar-refractivity contribution in [1.82, 2.24) is 0 Å². The molecule has 1 nitrogen and oxygen atoms in total. The molecule has 0 N–H and O–H groups in total. The van der Waals surface area contributed by atoms with E-state index in [0.29, 0.717) is 6.10 Å². The van der Waals surface area contributed by atoms with Crippen LogP contribution in [0.5, 0.6) is 0 Å². The lowest BCUT2D eigenvalue weighted by Crippen LogP contribution is -2.36. The fourth-order valence-electron chi connectivity index (χ4n) is 3.31. The largest absolute Gasteiger partial charge is 0.377 e. The van der Waals surface area contributed by atoms with Gasteiger partial charge in [0.25, 0.3) is 0 Å². The Balaban J connectivity index is 1.85. The summed E-state index contributed by atoms with van der Waals surface area (Å²) in [5.74, 6) is 1.50. The molecule has 2 aliphatic rings. The van der Waals surface area contributed by atoms with Crippen molar-refractivity contribution < 1.29 is 4.74 Å². The molecule has 1 aromatic carbocycles. The van der Waals surface area contributed by atoms with Crippen LogP contribution in [0.1, 0.15) is 30.4 Å². The Morgan fingerprint density at radius 1 is 1.33 bits per heavy atom. The van der Waals surface area contributed by atoms with E-state index in [-0.39, 0.29) is 5.41 Å². The van der Waals surface area contributed by atoms with Crippen molar-refractivity contribution in [2.45, 2.75) is 38.7 Å². The Morgan fingerprint density at radius 3 is 2.78 bits per heavy atom. The summed E-state index contributed by atoms with van der Waals surface area (Å²) in [5, 5.41) is 0. The van der Waals surface area contributed by atoms with Crippen LogP contribution in [-0.4, -0.2) is 18.6 Å². The Morgan fingerprint density at radius 2 is 2.11 bits per heavy atom. The molecule has 0 radical (unpaired) electrons. The van der Waals surface area contributed by atoms with Crippen molar-refractivity contribution in [1.29, 1.82) is 0 Å². The molecule has 18 heavy (non-hydrogen) atoms. The lowest BCUT2D eigenvalue weighted by molar-refractivity contribution is 0.0402. The summed E-state index contributed by atoms with van der Waals surface area (Å²) in [6, 6.07) is 8.67. The van der Waals surface area contributed by atoms with Crippen LogP contribution in [0.15, 0.2) is 24.3 Å². The van der Waals surface area contributed by atoms with Crippen molar-refractivity contribution in [2.75, 3.05) is 12.5 Å². The number of hydrogen-bond acceptors (Lipinski definition) is 1. The number of rotatable bonds is 4. The standard InChI is InChI=1S/C16H21ClO/c1-12-4-2-3-5-14(12)10-16(11-17)8-9-18-15(16)13-6-7-13/h2-5,13,15H,6-11H2,1H3. The molecular weight excluding hydrogens is 244 g/mol. The van der Waals surface area contributed by atoms with E-state index >= 15 is 0 Å². The summed E-state index contributed by atoms with van der Waals surface area (Å²) in [5.41, 5.74) is 2.99. The third kappa shape index (κ3) is 2.19. The van der Waals surface area contributed by atoms with Crippen LogP contribution in [0.2, 0.25) is 0 Å². The van der Waals surface area contributed by atoms with Gasteiger partial charge in [0.1, 0.15) is 0 Å². The Labute approximate surface area is 114 Å². The summed E-state index contributed by atoms with van der Waals surface area (Å²) in [6.45, 7) is 3.08. The van der Waals surface area contributed by atoms with Crippen molar-refractivity contribution in [3.8, 4) is 0 Å². The van der Waals surface area contributed by atoms with Gasteiger partial charge in [-0.1, -0.05) is 24.3 Å². The van der Waals surface area contributed by atoms with Gasteiger partial charge in [0, 0.05) is 17.9 Å². The maximum atomic E-state index is 6.35. The Kier molecular flexibility index (Phi) is 3.38. The molecule has 0 amide bonds. The summed E-state index contributed by atoms with van der Waals surface area (Å²) in [7, 11) is 0. The third-order valence-corrected chi connectivity index (χ3v) is 5.15. The minimum atomic E-state index is 0.175. The Bertz CT molecular complexity index is 427. The minimum absolute atomic E-state index is 0.175. The van der Waals surface area contributed by atoms with Crippen molar-refractivity contribution in [3.63, 3.8) is 0 Å². The molecule has 3 rings (SSSR count). The average Bonchev–Trinajstić information content (AvgIpc) is 3.14. The summed E-state index contributed by atoms with van der Waals surface area (Å²) >= 11 is 6.35. The summed E-state index contributed by atoms with van der Waals surface area (Å²) in [4.78, 5) is 0. The van der Waals surface area contributed by atoms with Gasteiger partial charge in [-0.25, -0.2) is 0 Å². The van der Waals surface area contributed by atoms with Crippen LogP contribution in [-0.2, 0) is 11.2 Å². The van der Waals surface area contributed by atoms with E-state index in [0.717, 1.165) is 31.2 Å². The molecule has 1 aromatic rings. The van der Waals surface area contributed by atoms with Crippen molar-refractivity contribution >= 4 is 11.6 Å². The lowest BCUT2D eigenvalue weighted by Gasteiger charge is -2.33. The zero-order valence-electron chi connectivity index (χ0n) is 11.0. The molecule has 0 aromatic heterocycles. The highest BCUT2D eigenvalue weighted by Crippen LogP contribution is 2.50. The van der Waals surface area contributed by atoms with Crippen LogP contribution in [0.25, 0.3) is 0 Å². The molecule has 2 unspecified atom stereocenters. The number of alkyl halides is 1. The summed E-state index contributed by atoms with van der Waals surface area (Å²) < 4.78 is 6.01. The molecule has 1 saturated carbocycles. The molecule has 2 fully saturated rings. The van der Waals surface area contributed by atoms with E-state index in [1.165, 1.54) is 24.0 Å². The molecule has 1 heterocycles. The van der Waals surface area contributed by atoms with E-state index in [9.17, 15) is 0 Å². The fourth-order valence-corrected chi connectivity index (χ4v) is 3.69. The van der Waals surface area contributed by atoms with Crippen LogP contribution in [0, 0.1) is 18.3 Å². The van der Waals surface area contributed by atoms with E-state index < -0.39 is 0 Å². The predicted molar refractivity (Wildman–Crippen MR) is 75.1 cm³/mol. The first-order chi connectivity index (χ1) is 8.75. The lowest BCUT2D eigenvalue weighted by atomic mass is 9.75. The Hall–Kier alpha value is -0.530. The molecular formula is C16H21ClO. The van der Waals surface area contributed by atoms with E-state index in [1.54, 1.807) is 0 Å². The van der Waals surface area contributed by atoms with Gasteiger partial charge in [-0.05, 0) is 49.7 Å². The predicted octanol–water partition coefficient (Wildman–Crippen LogP) is 3.96. The van der Waals surface area contributed by atoms with Gasteiger partial charge in [0.05, 0.1) is 6.10 Å². The second-order valence-corrected chi connectivity index (χ2v) is 6.25.